The first-order valence-electron chi connectivity index (χ1n) is 9.16. The van der Waals surface area contributed by atoms with Gasteiger partial charge in [-0.3, -0.25) is 9.52 Å². The van der Waals surface area contributed by atoms with E-state index in [-0.39, 0.29) is 10.6 Å². The molecule has 0 fully saturated rings. The molecule has 0 saturated carbocycles. The van der Waals surface area contributed by atoms with E-state index >= 15 is 0 Å². The molecular weight excluding hydrogens is 510 g/mol. The molecule has 0 aromatic heterocycles. The molecule has 1 amide bonds. The summed E-state index contributed by atoms with van der Waals surface area (Å²) < 4.78 is 106. The van der Waals surface area contributed by atoms with Crippen molar-refractivity contribution in [1.29, 1.82) is 0 Å². The summed E-state index contributed by atoms with van der Waals surface area (Å²) in [5.41, 5.74) is -3.65. The third-order valence-electron chi connectivity index (χ3n) is 4.43. The number of alkyl halides is 6. The molecule has 3 aromatic rings. The molecule has 0 radical (unpaired) electrons. The number of anilines is 2. The van der Waals surface area contributed by atoms with Gasteiger partial charge in [0.1, 0.15) is 0 Å². The van der Waals surface area contributed by atoms with E-state index in [1.807, 2.05) is 4.72 Å². The lowest BCUT2D eigenvalue weighted by Crippen LogP contribution is -2.18. The van der Waals surface area contributed by atoms with Crippen molar-refractivity contribution in [3.05, 3.63) is 88.4 Å². The SMILES string of the molecule is O=C(Nc1ccccc1C(F)(F)F)c1cccc(S(=O)(=O)Nc2cc(C(F)(F)F)ccc2Cl)c1. The quantitative estimate of drug-likeness (QED) is 0.379. The summed E-state index contributed by atoms with van der Waals surface area (Å²) in [4.78, 5) is 12.0. The molecular formula is C21H13ClF6N2O3S. The third kappa shape index (κ3) is 5.81. The Morgan fingerprint density at radius 3 is 2.12 bits per heavy atom. The Morgan fingerprint density at radius 2 is 1.47 bits per heavy atom. The Bertz CT molecular complexity index is 1340. The Hall–Kier alpha value is -3.25. The first-order chi connectivity index (χ1) is 15.7. The summed E-state index contributed by atoms with van der Waals surface area (Å²) in [5.74, 6) is -1.04. The van der Waals surface area contributed by atoms with Crippen molar-refractivity contribution in [3.8, 4) is 0 Å². The van der Waals surface area contributed by atoms with Gasteiger partial charge in [-0.2, -0.15) is 26.3 Å². The van der Waals surface area contributed by atoms with E-state index in [0.29, 0.717) is 12.1 Å². The third-order valence-corrected chi connectivity index (χ3v) is 6.12. The van der Waals surface area contributed by atoms with Crippen molar-refractivity contribution >= 4 is 38.9 Å². The molecule has 5 nitrogen and oxygen atoms in total. The molecule has 0 bridgehead atoms. The highest BCUT2D eigenvalue weighted by atomic mass is 35.5. The first kappa shape index (κ1) is 25.4. The number of rotatable bonds is 5. The monoisotopic (exact) mass is 522 g/mol. The van der Waals surface area contributed by atoms with Crippen LogP contribution in [-0.4, -0.2) is 14.3 Å². The number of halogens is 7. The fourth-order valence-corrected chi connectivity index (χ4v) is 4.16. The second-order valence-electron chi connectivity index (χ2n) is 6.82. The van der Waals surface area contributed by atoms with Gasteiger partial charge in [0, 0.05) is 5.56 Å². The van der Waals surface area contributed by atoms with Gasteiger partial charge in [0.15, 0.2) is 0 Å². The predicted molar refractivity (Wildman–Crippen MR) is 113 cm³/mol. The van der Waals surface area contributed by atoms with E-state index in [0.717, 1.165) is 48.5 Å². The fraction of sp³-hybridized carbons (Fsp3) is 0.0952. The molecule has 0 aliphatic heterocycles. The Morgan fingerprint density at radius 1 is 0.794 bits per heavy atom. The Labute approximate surface area is 194 Å². The number of sulfonamides is 1. The summed E-state index contributed by atoms with van der Waals surface area (Å²) in [6.45, 7) is 0. The maximum Gasteiger partial charge on any atom is 0.418 e. The molecule has 0 unspecified atom stereocenters. The van der Waals surface area contributed by atoms with Gasteiger partial charge >= 0.3 is 12.4 Å². The number of nitrogens with one attached hydrogen (secondary N) is 2. The van der Waals surface area contributed by atoms with Crippen LogP contribution in [0, 0.1) is 0 Å². The summed E-state index contributed by atoms with van der Waals surface area (Å²) >= 11 is 5.81. The molecule has 34 heavy (non-hydrogen) atoms. The van der Waals surface area contributed by atoms with Gasteiger partial charge in [-0.05, 0) is 48.5 Å². The minimum absolute atomic E-state index is 0.310. The average molecular weight is 523 g/mol. The minimum atomic E-state index is -4.75. The average Bonchev–Trinajstić information content (AvgIpc) is 2.74. The standard InChI is InChI=1S/C21H13ClF6N2O3S/c22-16-9-8-13(20(23,24)25)11-18(16)30-34(32,33)14-5-3-4-12(10-14)19(31)29-17-7-2-1-6-15(17)21(26,27)28/h1-11,30H,(H,29,31). The lowest BCUT2D eigenvalue weighted by atomic mass is 10.1. The largest absolute Gasteiger partial charge is 0.418 e. The van der Waals surface area contributed by atoms with E-state index in [4.69, 9.17) is 11.6 Å². The number of carbonyl (C=O) groups is 1. The Balaban J connectivity index is 1.89. The van der Waals surface area contributed by atoms with Crippen LogP contribution in [0.1, 0.15) is 21.5 Å². The summed E-state index contributed by atoms with van der Waals surface area (Å²) in [6, 6.07) is 10.4. The van der Waals surface area contributed by atoms with Crippen LogP contribution in [0.5, 0.6) is 0 Å². The zero-order valence-electron chi connectivity index (χ0n) is 16.6. The summed E-state index contributed by atoms with van der Waals surface area (Å²) in [7, 11) is -4.52. The van der Waals surface area contributed by atoms with Crippen LogP contribution >= 0.6 is 11.6 Å². The van der Waals surface area contributed by atoms with Crippen LogP contribution in [0.4, 0.5) is 37.7 Å². The number of para-hydroxylation sites is 1. The molecule has 0 atom stereocenters. The van der Waals surface area contributed by atoms with Crippen LogP contribution < -0.4 is 10.0 Å². The minimum Gasteiger partial charge on any atom is -0.321 e. The van der Waals surface area contributed by atoms with E-state index in [1.54, 1.807) is 0 Å². The van der Waals surface area contributed by atoms with Gasteiger partial charge in [0.05, 0.1) is 32.4 Å². The van der Waals surface area contributed by atoms with Gasteiger partial charge < -0.3 is 5.32 Å². The van der Waals surface area contributed by atoms with Crippen LogP contribution in [0.25, 0.3) is 0 Å². The molecule has 0 spiro atoms. The lowest BCUT2D eigenvalue weighted by Gasteiger charge is -2.15. The molecule has 0 heterocycles. The zero-order chi connectivity index (χ0) is 25.3. The van der Waals surface area contributed by atoms with Gasteiger partial charge in [-0.1, -0.05) is 29.8 Å². The zero-order valence-corrected chi connectivity index (χ0v) is 18.2. The number of benzene rings is 3. The fourth-order valence-electron chi connectivity index (χ4n) is 2.82. The topological polar surface area (TPSA) is 75.3 Å². The maximum atomic E-state index is 13.1. The highest BCUT2D eigenvalue weighted by Gasteiger charge is 2.34. The molecule has 3 rings (SSSR count). The van der Waals surface area contributed by atoms with Crippen molar-refractivity contribution < 1.29 is 39.6 Å². The van der Waals surface area contributed by atoms with Crippen LogP contribution in [-0.2, 0) is 22.4 Å². The number of carbonyl (C=O) groups excluding carboxylic acids is 1. The molecule has 2 N–H and O–H groups in total. The number of amides is 1. The van der Waals surface area contributed by atoms with Crippen molar-refractivity contribution in [2.75, 3.05) is 10.0 Å². The van der Waals surface area contributed by atoms with Gasteiger partial charge in [0.25, 0.3) is 15.9 Å². The van der Waals surface area contributed by atoms with Crippen LogP contribution in [0.2, 0.25) is 5.02 Å². The number of hydrogen-bond acceptors (Lipinski definition) is 3. The van der Waals surface area contributed by atoms with Crippen LogP contribution in [0.3, 0.4) is 0 Å². The van der Waals surface area contributed by atoms with Gasteiger partial charge in [0.2, 0.25) is 0 Å². The highest BCUT2D eigenvalue weighted by Crippen LogP contribution is 2.36. The van der Waals surface area contributed by atoms with E-state index in [1.165, 1.54) is 6.07 Å². The second kappa shape index (κ2) is 9.18. The van der Waals surface area contributed by atoms with Crippen molar-refractivity contribution in [2.24, 2.45) is 0 Å². The molecule has 0 saturated heterocycles. The first-order valence-corrected chi connectivity index (χ1v) is 11.0. The predicted octanol–water partition coefficient (Wildman–Crippen LogP) is 6.43. The van der Waals surface area contributed by atoms with Crippen molar-refractivity contribution in [2.45, 2.75) is 17.2 Å². The molecule has 180 valence electrons. The van der Waals surface area contributed by atoms with Gasteiger partial charge in [-0.15, -0.1) is 0 Å². The maximum absolute atomic E-state index is 13.1. The summed E-state index contributed by atoms with van der Waals surface area (Å²) in [5, 5.41) is 1.76. The second-order valence-corrected chi connectivity index (χ2v) is 8.91. The van der Waals surface area contributed by atoms with Crippen molar-refractivity contribution in [1.82, 2.24) is 0 Å². The van der Waals surface area contributed by atoms with Crippen LogP contribution in [0.15, 0.2) is 71.6 Å². The van der Waals surface area contributed by atoms with E-state index < -0.39 is 55.7 Å². The molecule has 0 aliphatic rings. The van der Waals surface area contributed by atoms with Gasteiger partial charge in [-0.25, -0.2) is 8.42 Å². The van der Waals surface area contributed by atoms with E-state index in [9.17, 15) is 39.6 Å². The number of hydrogen-bond donors (Lipinski definition) is 2. The highest BCUT2D eigenvalue weighted by molar-refractivity contribution is 7.92. The summed E-state index contributed by atoms with van der Waals surface area (Å²) in [6.07, 6.45) is -9.50. The Kier molecular flexibility index (Phi) is 6.85. The van der Waals surface area contributed by atoms with Crippen molar-refractivity contribution in [3.63, 3.8) is 0 Å². The molecule has 0 aliphatic carbocycles. The molecule has 3 aromatic carbocycles. The normalized spacial score (nSPS) is 12.3. The van der Waals surface area contributed by atoms with E-state index in [2.05, 4.69) is 5.32 Å². The molecule has 13 heteroatoms. The smallest absolute Gasteiger partial charge is 0.321 e. The lowest BCUT2D eigenvalue weighted by molar-refractivity contribution is -0.138.